The van der Waals surface area contributed by atoms with Crippen LogP contribution in [0.4, 0.5) is 5.69 Å². The van der Waals surface area contributed by atoms with E-state index in [1.807, 2.05) is 0 Å². The summed E-state index contributed by atoms with van der Waals surface area (Å²) in [7, 11) is 0. The van der Waals surface area contributed by atoms with Crippen LogP contribution in [0.1, 0.15) is 12.1 Å². The molecule has 0 spiro atoms. The van der Waals surface area contributed by atoms with E-state index in [0.29, 0.717) is 12.8 Å². The maximum absolute atomic E-state index is 10.9. The minimum atomic E-state index is 0.0606. The maximum Gasteiger partial charge on any atom is 0.224 e. The Balaban J connectivity index is 2.41. The van der Waals surface area contributed by atoms with Crippen molar-refractivity contribution >= 4 is 11.6 Å². The third-order valence-electron chi connectivity index (χ3n) is 1.66. The number of rotatable bonds is 0. The highest BCUT2D eigenvalue weighted by Gasteiger charge is 2.14. The van der Waals surface area contributed by atoms with Gasteiger partial charge in [-0.05, 0) is 6.07 Å². The van der Waals surface area contributed by atoms with E-state index in [9.17, 15) is 4.79 Å². The summed E-state index contributed by atoms with van der Waals surface area (Å²) in [6, 6.07) is 1.76. The summed E-state index contributed by atoms with van der Waals surface area (Å²) in [5.41, 5.74) is 1.68. The lowest BCUT2D eigenvalue weighted by molar-refractivity contribution is -0.116. The number of carbonyl (C=O) groups is 1. The SMILES string of the molecule is O=C1CCc2nnccc2N1. The molecule has 0 atom stereocenters. The van der Waals surface area contributed by atoms with Crippen LogP contribution in [0.3, 0.4) is 0 Å². The molecule has 2 rings (SSSR count). The van der Waals surface area contributed by atoms with E-state index in [4.69, 9.17) is 0 Å². The monoisotopic (exact) mass is 149 g/mol. The molecule has 1 aromatic heterocycles. The predicted molar refractivity (Wildman–Crippen MR) is 39.0 cm³/mol. The van der Waals surface area contributed by atoms with Gasteiger partial charge in [0.05, 0.1) is 17.6 Å². The van der Waals surface area contributed by atoms with Crippen molar-refractivity contribution in [3.63, 3.8) is 0 Å². The molecule has 4 heteroatoms. The summed E-state index contributed by atoms with van der Waals surface area (Å²) in [6.07, 6.45) is 2.80. The van der Waals surface area contributed by atoms with Crippen molar-refractivity contribution in [1.29, 1.82) is 0 Å². The van der Waals surface area contributed by atoms with E-state index in [1.54, 1.807) is 12.3 Å². The largest absolute Gasteiger partial charge is 0.324 e. The molecule has 1 N–H and O–H groups in total. The molecule has 0 fully saturated rings. The van der Waals surface area contributed by atoms with Gasteiger partial charge in [-0.3, -0.25) is 4.79 Å². The normalized spacial score (nSPS) is 15.5. The van der Waals surface area contributed by atoms with E-state index >= 15 is 0 Å². The van der Waals surface area contributed by atoms with Crippen LogP contribution in [-0.2, 0) is 11.2 Å². The van der Waals surface area contributed by atoms with E-state index in [2.05, 4.69) is 15.5 Å². The van der Waals surface area contributed by atoms with Gasteiger partial charge in [-0.2, -0.15) is 10.2 Å². The molecule has 4 nitrogen and oxygen atoms in total. The second kappa shape index (κ2) is 2.30. The highest BCUT2D eigenvalue weighted by molar-refractivity contribution is 5.93. The van der Waals surface area contributed by atoms with Gasteiger partial charge in [-0.1, -0.05) is 0 Å². The zero-order chi connectivity index (χ0) is 7.68. The first-order valence-electron chi connectivity index (χ1n) is 3.47. The molecule has 1 amide bonds. The Labute approximate surface area is 63.6 Å². The Morgan fingerprint density at radius 2 is 2.36 bits per heavy atom. The van der Waals surface area contributed by atoms with E-state index in [1.165, 1.54) is 0 Å². The first-order chi connectivity index (χ1) is 5.36. The fourth-order valence-corrected chi connectivity index (χ4v) is 1.10. The second-order valence-corrected chi connectivity index (χ2v) is 2.44. The standard InChI is InChI=1S/C7H7N3O/c11-7-2-1-6-5(9-7)3-4-8-10-6/h3-4H,1-2H2,(H,9,11). The highest BCUT2D eigenvalue weighted by Crippen LogP contribution is 2.17. The van der Waals surface area contributed by atoms with Crippen molar-refractivity contribution in [2.24, 2.45) is 0 Å². The van der Waals surface area contributed by atoms with Crippen LogP contribution < -0.4 is 5.32 Å². The van der Waals surface area contributed by atoms with E-state index < -0.39 is 0 Å². The molecular weight excluding hydrogens is 142 g/mol. The molecular formula is C7H7N3O. The zero-order valence-electron chi connectivity index (χ0n) is 5.87. The Kier molecular flexibility index (Phi) is 1.31. The van der Waals surface area contributed by atoms with Crippen molar-refractivity contribution < 1.29 is 4.79 Å². The molecule has 1 aliphatic heterocycles. The average Bonchev–Trinajstić information content (AvgIpc) is 2.04. The van der Waals surface area contributed by atoms with Gasteiger partial charge in [0.2, 0.25) is 5.91 Å². The fourth-order valence-electron chi connectivity index (χ4n) is 1.10. The first-order valence-corrected chi connectivity index (χ1v) is 3.47. The van der Waals surface area contributed by atoms with Crippen LogP contribution in [0, 0.1) is 0 Å². The van der Waals surface area contributed by atoms with E-state index in [-0.39, 0.29) is 5.91 Å². The van der Waals surface area contributed by atoms with Crippen LogP contribution in [0.2, 0.25) is 0 Å². The lowest BCUT2D eigenvalue weighted by Crippen LogP contribution is -2.19. The molecule has 0 aromatic carbocycles. The molecule has 2 heterocycles. The number of aromatic nitrogens is 2. The van der Waals surface area contributed by atoms with Crippen molar-refractivity contribution in [3.05, 3.63) is 18.0 Å². The molecule has 0 bridgehead atoms. The third-order valence-corrected chi connectivity index (χ3v) is 1.66. The second-order valence-electron chi connectivity index (χ2n) is 2.44. The number of hydrogen-bond acceptors (Lipinski definition) is 3. The molecule has 0 saturated heterocycles. The number of carbonyl (C=O) groups excluding carboxylic acids is 1. The quantitative estimate of drug-likeness (QED) is 0.579. The van der Waals surface area contributed by atoms with Gasteiger partial charge in [-0.15, -0.1) is 0 Å². The minimum Gasteiger partial charge on any atom is -0.324 e. The molecule has 1 aliphatic rings. The predicted octanol–water partition coefficient (Wildman–Crippen LogP) is 0.361. The molecule has 1 aromatic rings. The van der Waals surface area contributed by atoms with Crippen molar-refractivity contribution in [2.45, 2.75) is 12.8 Å². The van der Waals surface area contributed by atoms with Gasteiger partial charge in [0.15, 0.2) is 0 Å². The molecule has 0 aliphatic carbocycles. The van der Waals surface area contributed by atoms with Gasteiger partial charge in [0.25, 0.3) is 0 Å². The van der Waals surface area contributed by atoms with Crippen LogP contribution in [-0.4, -0.2) is 16.1 Å². The first kappa shape index (κ1) is 6.27. The van der Waals surface area contributed by atoms with Gasteiger partial charge >= 0.3 is 0 Å². The molecule has 0 radical (unpaired) electrons. The Bertz CT molecular complexity index is 297. The number of nitrogens with one attached hydrogen (secondary N) is 1. The number of nitrogens with zero attached hydrogens (tertiary/aromatic N) is 2. The lowest BCUT2D eigenvalue weighted by Gasteiger charge is -2.13. The third kappa shape index (κ3) is 1.07. The number of fused-ring (bicyclic) bond motifs is 1. The molecule has 11 heavy (non-hydrogen) atoms. The van der Waals surface area contributed by atoms with Crippen molar-refractivity contribution in [3.8, 4) is 0 Å². The zero-order valence-corrected chi connectivity index (χ0v) is 5.87. The van der Waals surface area contributed by atoms with Gasteiger partial charge in [0, 0.05) is 12.8 Å². The maximum atomic E-state index is 10.9. The summed E-state index contributed by atoms with van der Waals surface area (Å²) in [5.74, 6) is 0.0606. The van der Waals surface area contributed by atoms with Crippen LogP contribution in [0.5, 0.6) is 0 Å². The van der Waals surface area contributed by atoms with Crippen molar-refractivity contribution in [2.75, 3.05) is 5.32 Å². The highest BCUT2D eigenvalue weighted by atomic mass is 16.1. The number of anilines is 1. The number of hydrogen-bond donors (Lipinski definition) is 1. The minimum absolute atomic E-state index is 0.0606. The van der Waals surface area contributed by atoms with Crippen LogP contribution >= 0.6 is 0 Å². The number of aryl methyl sites for hydroxylation is 1. The summed E-state index contributed by atoms with van der Waals surface area (Å²) in [4.78, 5) is 10.9. The molecule has 56 valence electrons. The Morgan fingerprint density at radius 1 is 1.45 bits per heavy atom. The fraction of sp³-hybridized carbons (Fsp3) is 0.286. The summed E-state index contributed by atoms with van der Waals surface area (Å²) >= 11 is 0. The topological polar surface area (TPSA) is 54.9 Å². The summed E-state index contributed by atoms with van der Waals surface area (Å²) < 4.78 is 0. The average molecular weight is 149 g/mol. The van der Waals surface area contributed by atoms with Gasteiger partial charge in [-0.25, -0.2) is 0 Å². The van der Waals surface area contributed by atoms with Crippen LogP contribution in [0.15, 0.2) is 12.3 Å². The Morgan fingerprint density at radius 3 is 3.27 bits per heavy atom. The van der Waals surface area contributed by atoms with Crippen molar-refractivity contribution in [1.82, 2.24) is 10.2 Å². The van der Waals surface area contributed by atoms with Gasteiger partial charge < -0.3 is 5.32 Å². The van der Waals surface area contributed by atoms with E-state index in [0.717, 1.165) is 11.4 Å². The molecule has 0 unspecified atom stereocenters. The number of amides is 1. The van der Waals surface area contributed by atoms with Gasteiger partial charge in [0.1, 0.15) is 0 Å². The summed E-state index contributed by atoms with van der Waals surface area (Å²) in [6.45, 7) is 0. The summed E-state index contributed by atoms with van der Waals surface area (Å²) in [5, 5.41) is 10.3. The Hall–Kier alpha value is -1.45. The smallest absolute Gasteiger partial charge is 0.224 e. The lowest BCUT2D eigenvalue weighted by atomic mass is 10.1. The van der Waals surface area contributed by atoms with Crippen LogP contribution in [0.25, 0.3) is 0 Å². The molecule has 0 saturated carbocycles.